The summed E-state index contributed by atoms with van der Waals surface area (Å²) in [6.45, 7) is 6.69. The number of rotatable bonds is 9. The fourth-order valence-corrected chi connectivity index (χ4v) is 5.87. The van der Waals surface area contributed by atoms with Crippen molar-refractivity contribution in [2.24, 2.45) is 11.7 Å². The molecule has 1 atom stereocenters. The van der Waals surface area contributed by atoms with Crippen molar-refractivity contribution in [3.05, 3.63) is 21.8 Å². The molecule has 0 aromatic carbocycles. The van der Waals surface area contributed by atoms with Crippen LogP contribution in [0.3, 0.4) is 0 Å². The van der Waals surface area contributed by atoms with Gasteiger partial charge in [0.25, 0.3) is 0 Å². The number of primary amides is 1. The second-order valence-corrected chi connectivity index (χ2v) is 10.9. The van der Waals surface area contributed by atoms with E-state index in [1.165, 1.54) is 34.4 Å². The van der Waals surface area contributed by atoms with Crippen molar-refractivity contribution in [3.63, 3.8) is 0 Å². The quantitative estimate of drug-likeness (QED) is 0.422. The van der Waals surface area contributed by atoms with E-state index in [1.54, 1.807) is 0 Å². The number of nitrogens with one attached hydrogen (secondary N) is 1. The second kappa shape index (κ2) is 11.0. The fourth-order valence-electron chi connectivity index (χ4n) is 3.75. The number of thiophene rings is 1. The Kier molecular flexibility index (Phi) is 8.32. The van der Waals surface area contributed by atoms with Gasteiger partial charge in [0.05, 0.1) is 10.8 Å². The molecule has 0 bridgehead atoms. The molecule has 3 N–H and O–H groups in total. The highest BCUT2D eigenvalue weighted by Crippen LogP contribution is 2.37. The number of nitrogens with zero attached hydrogens (tertiary/aromatic N) is 4. The minimum absolute atomic E-state index is 0.166. The van der Waals surface area contributed by atoms with E-state index in [0.29, 0.717) is 40.4 Å². The Labute approximate surface area is 197 Å². The van der Waals surface area contributed by atoms with Crippen molar-refractivity contribution in [1.82, 2.24) is 14.8 Å². The average molecular weight is 475 g/mol. The molecule has 8 nitrogen and oxygen atoms in total. The Morgan fingerprint density at radius 2 is 2.00 bits per heavy atom. The average Bonchev–Trinajstić information content (AvgIpc) is 3.16. The summed E-state index contributed by atoms with van der Waals surface area (Å²) in [6, 6.07) is 2.31. The topological polar surface area (TPSA) is 127 Å². The van der Waals surface area contributed by atoms with Crippen LogP contribution >= 0.6 is 23.1 Å². The third-order valence-electron chi connectivity index (χ3n) is 5.36. The van der Waals surface area contributed by atoms with Gasteiger partial charge < -0.3 is 15.6 Å². The minimum atomic E-state index is -0.428. The number of amides is 2. The first kappa shape index (κ1) is 24.3. The predicted octanol–water partition coefficient (Wildman–Crippen LogP) is 3.67. The fraction of sp³-hybridized carbons (Fsp3) is 0.591. The number of hydrogen-bond donors (Lipinski definition) is 2. The van der Waals surface area contributed by atoms with E-state index < -0.39 is 5.25 Å². The molecule has 0 saturated carbocycles. The molecule has 0 fully saturated rings. The first-order chi connectivity index (χ1) is 15.3. The van der Waals surface area contributed by atoms with Gasteiger partial charge in [-0.25, -0.2) is 0 Å². The molecule has 3 rings (SSSR count). The van der Waals surface area contributed by atoms with E-state index in [9.17, 15) is 14.9 Å². The molecule has 10 heteroatoms. The van der Waals surface area contributed by atoms with Crippen molar-refractivity contribution in [1.29, 1.82) is 5.26 Å². The number of thioether (sulfide) groups is 1. The Morgan fingerprint density at radius 1 is 1.25 bits per heavy atom. The number of fused-ring (bicyclic) bond motifs is 1. The summed E-state index contributed by atoms with van der Waals surface area (Å²) in [7, 11) is 0. The number of anilines is 1. The van der Waals surface area contributed by atoms with E-state index in [1.807, 2.05) is 11.5 Å². The monoisotopic (exact) mass is 474 g/mol. The van der Waals surface area contributed by atoms with Gasteiger partial charge in [-0.05, 0) is 44.1 Å². The number of nitrogens with two attached hydrogens (primary N) is 1. The van der Waals surface area contributed by atoms with Gasteiger partial charge in [-0.1, -0.05) is 32.0 Å². The van der Waals surface area contributed by atoms with Gasteiger partial charge in [0.1, 0.15) is 16.9 Å². The highest BCUT2D eigenvalue weighted by molar-refractivity contribution is 8.00. The van der Waals surface area contributed by atoms with Gasteiger partial charge in [-0.15, -0.1) is 21.5 Å². The summed E-state index contributed by atoms with van der Waals surface area (Å²) >= 11 is 2.87. The van der Waals surface area contributed by atoms with Crippen LogP contribution in [0.5, 0.6) is 0 Å². The van der Waals surface area contributed by atoms with Crippen molar-refractivity contribution < 1.29 is 9.59 Å². The molecule has 1 unspecified atom stereocenters. The molecule has 1 aliphatic rings. The lowest BCUT2D eigenvalue weighted by atomic mass is 10.1. The lowest BCUT2D eigenvalue weighted by Gasteiger charge is -2.15. The number of carbonyl (C=O) groups excluding carboxylic acids is 2. The number of carbonyl (C=O) groups is 2. The summed E-state index contributed by atoms with van der Waals surface area (Å²) in [4.78, 5) is 25.4. The molecule has 2 heterocycles. The smallest absolute Gasteiger partial charge is 0.238 e. The largest absolute Gasteiger partial charge is 0.370 e. The summed E-state index contributed by atoms with van der Waals surface area (Å²) < 4.78 is 1.97. The van der Waals surface area contributed by atoms with Crippen LogP contribution < -0.4 is 11.1 Å². The van der Waals surface area contributed by atoms with E-state index in [0.717, 1.165) is 31.2 Å². The van der Waals surface area contributed by atoms with E-state index in [-0.39, 0.29) is 18.2 Å². The molecule has 0 aliphatic heterocycles. The Hall–Kier alpha value is -2.38. The molecular formula is C22H30N6O2S2. The SMILES string of the molecule is CC(C)Cn1c(CCC(N)=O)nnc1SC(C)C(=O)Nc1sc2c(c1C#N)CCCCC2. The van der Waals surface area contributed by atoms with E-state index in [2.05, 4.69) is 35.4 Å². The Balaban J connectivity index is 1.73. The summed E-state index contributed by atoms with van der Waals surface area (Å²) in [5.74, 6) is 0.497. The molecule has 32 heavy (non-hydrogen) atoms. The molecule has 0 saturated heterocycles. The van der Waals surface area contributed by atoms with Crippen LogP contribution in [-0.2, 0) is 35.4 Å². The maximum Gasteiger partial charge on any atom is 0.238 e. The highest BCUT2D eigenvalue weighted by atomic mass is 32.2. The van der Waals surface area contributed by atoms with Crippen LogP contribution in [0.15, 0.2) is 5.16 Å². The maximum atomic E-state index is 13.0. The number of aromatic nitrogens is 3. The second-order valence-electron chi connectivity index (χ2n) is 8.50. The Morgan fingerprint density at radius 3 is 2.69 bits per heavy atom. The zero-order valence-corrected chi connectivity index (χ0v) is 20.4. The normalized spacial score (nSPS) is 14.5. The zero-order valence-electron chi connectivity index (χ0n) is 18.8. The summed E-state index contributed by atoms with van der Waals surface area (Å²) in [5, 5.41) is 22.1. The van der Waals surface area contributed by atoms with Gasteiger partial charge in [0.2, 0.25) is 11.8 Å². The van der Waals surface area contributed by atoms with E-state index >= 15 is 0 Å². The summed E-state index contributed by atoms with van der Waals surface area (Å²) in [6.07, 6.45) is 5.89. The lowest BCUT2D eigenvalue weighted by Crippen LogP contribution is -2.23. The van der Waals surface area contributed by atoms with Gasteiger partial charge in [-0.2, -0.15) is 5.26 Å². The number of hydrogen-bond acceptors (Lipinski definition) is 7. The molecule has 0 radical (unpaired) electrons. The van der Waals surface area contributed by atoms with Crippen molar-refractivity contribution >= 4 is 39.9 Å². The molecule has 1 aliphatic carbocycles. The molecule has 2 aromatic heterocycles. The molecule has 0 spiro atoms. The van der Waals surface area contributed by atoms with Crippen molar-refractivity contribution in [2.75, 3.05) is 5.32 Å². The Bertz CT molecular complexity index is 1020. The zero-order chi connectivity index (χ0) is 23.3. The number of nitriles is 1. The van der Waals surface area contributed by atoms with Crippen molar-refractivity contribution in [3.8, 4) is 6.07 Å². The van der Waals surface area contributed by atoms with Gasteiger partial charge in [0.15, 0.2) is 5.16 Å². The van der Waals surface area contributed by atoms with Crippen LogP contribution in [0.2, 0.25) is 0 Å². The van der Waals surface area contributed by atoms with Crippen LogP contribution in [0.4, 0.5) is 5.00 Å². The molecule has 172 valence electrons. The summed E-state index contributed by atoms with van der Waals surface area (Å²) in [5.41, 5.74) is 7.02. The molecule has 2 amide bonds. The third-order valence-corrected chi connectivity index (χ3v) is 7.65. The van der Waals surface area contributed by atoms with Crippen LogP contribution in [0, 0.1) is 17.2 Å². The highest BCUT2D eigenvalue weighted by Gasteiger charge is 2.25. The van der Waals surface area contributed by atoms with E-state index in [4.69, 9.17) is 5.73 Å². The van der Waals surface area contributed by atoms with Crippen molar-refractivity contribution in [2.45, 2.75) is 82.7 Å². The van der Waals surface area contributed by atoms with Gasteiger partial charge >= 0.3 is 0 Å². The van der Waals surface area contributed by atoms with Crippen LogP contribution in [0.1, 0.15) is 68.3 Å². The van der Waals surface area contributed by atoms with Crippen LogP contribution in [0.25, 0.3) is 0 Å². The number of aryl methyl sites for hydroxylation is 2. The molecular weight excluding hydrogens is 444 g/mol. The standard InChI is InChI=1S/C22H30N6O2S2/c1-13(2)12-28-19(10-9-18(24)29)26-27-22(28)31-14(3)20(30)25-21-16(11-23)15-7-5-4-6-8-17(15)32-21/h13-14H,4-10,12H2,1-3H3,(H2,24,29)(H,25,30). The minimum Gasteiger partial charge on any atom is -0.370 e. The first-order valence-electron chi connectivity index (χ1n) is 11.0. The lowest BCUT2D eigenvalue weighted by molar-refractivity contribution is -0.118. The van der Waals surface area contributed by atoms with Gasteiger partial charge in [-0.3, -0.25) is 9.59 Å². The predicted molar refractivity (Wildman–Crippen MR) is 127 cm³/mol. The third kappa shape index (κ3) is 5.90. The van der Waals surface area contributed by atoms with Gasteiger partial charge in [0, 0.05) is 24.3 Å². The first-order valence-corrected chi connectivity index (χ1v) is 12.7. The maximum absolute atomic E-state index is 13.0. The van der Waals surface area contributed by atoms with Crippen LogP contribution in [-0.4, -0.2) is 31.8 Å². The molecule has 2 aromatic rings.